The first-order valence-electron chi connectivity index (χ1n) is 8.17. The average Bonchev–Trinajstić information content (AvgIpc) is 3.00. The van der Waals surface area contributed by atoms with E-state index in [4.69, 9.17) is 9.47 Å². The summed E-state index contributed by atoms with van der Waals surface area (Å²) in [6.45, 7) is 3.80. The van der Waals surface area contributed by atoms with Crippen molar-refractivity contribution in [2.75, 3.05) is 24.9 Å². The van der Waals surface area contributed by atoms with Gasteiger partial charge in [0, 0.05) is 17.4 Å². The zero-order valence-corrected chi connectivity index (χ0v) is 15.9. The molecule has 3 aromatic rings. The molecule has 1 amide bonds. The zero-order valence-electron chi connectivity index (χ0n) is 15.1. The van der Waals surface area contributed by atoms with Crippen molar-refractivity contribution in [3.05, 3.63) is 41.4 Å². The Labute approximate surface area is 156 Å². The van der Waals surface area contributed by atoms with Gasteiger partial charge in [0.25, 0.3) is 0 Å². The number of hydrogen-bond acceptors (Lipinski definition) is 6. The minimum Gasteiger partial charge on any atom is -0.493 e. The van der Waals surface area contributed by atoms with Gasteiger partial charge in [-0.1, -0.05) is 0 Å². The molecule has 0 radical (unpaired) electrons. The summed E-state index contributed by atoms with van der Waals surface area (Å²) < 4.78 is 11.6. The molecule has 7 heteroatoms. The Morgan fingerprint density at radius 3 is 2.54 bits per heavy atom. The third-order valence-corrected chi connectivity index (χ3v) is 4.86. The van der Waals surface area contributed by atoms with Crippen LogP contribution in [-0.2, 0) is 4.79 Å². The van der Waals surface area contributed by atoms with Gasteiger partial charge in [-0.2, -0.15) is 0 Å². The van der Waals surface area contributed by atoms with E-state index in [1.165, 1.54) is 0 Å². The minimum absolute atomic E-state index is 0.141. The van der Waals surface area contributed by atoms with Crippen LogP contribution in [0.3, 0.4) is 0 Å². The Morgan fingerprint density at radius 2 is 1.81 bits per heavy atom. The van der Waals surface area contributed by atoms with Gasteiger partial charge in [-0.3, -0.25) is 4.79 Å². The van der Waals surface area contributed by atoms with E-state index < -0.39 is 6.04 Å². The molecule has 0 fully saturated rings. The molecule has 2 N–H and O–H groups in total. The molecule has 0 saturated heterocycles. The number of hydrogen-bond donors (Lipinski definition) is 2. The first-order chi connectivity index (χ1) is 12.5. The van der Waals surface area contributed by atoms with Crippen LogP contribution in [0.25, 0.3) is 10.2 Å². The molecule has 3 rings (SSSR count). The maximum absolute atomic E-state index is 12.5. The zero-order chi connectivity index (χ0) is 18.7. The molecular formula is C19H21N3O3S. The number of methoxy groups -OCH3 is 2. The van der Waals surface area contributed by atoms with Gasteiger partial charge in [0.05, 0.1) is 29.4 Å². The van der Waals surface area contributed by atoms with Crippen LogP contribution < -0.4 is 20.1 Å². The van der Waals surface area contributed by atoms with Crippen LogP contribution in [0, 0.1) is 6.92 Å². The molecule has 0 spiro atoms. The first kappa shape index (κ1) is 18.0. The third kappa shape index (κ3) is 3.88. The van der Waals surface area contributed by atoms with E-state index in [-0.39, 0.29) is 5.91 Å². The number of thiazole rings is 1. The van der Waals surface area contributed by atoms with Crippen LogP contribution in [0.2, 0.25) is 0 Å². The highest BCUT2D eigenvalue weighted by molar-refractivity contribution is 7.18. The largest absolute Gasteiger partial charge is 0.493 e. The number of aromatic nitrogens is 1. The van der Waals surface area contributed by atoms with Gasteiger partial charge in [-0.15, -0.1) is 11.3 Å². The molecule has 0 saturated carbocycles. The monoisotopic (exact) mass is 371 g/mol. The van der Waals surface area contributed by atoms with Gasteiger partial charge in [0.2, 0.25) is 5.91 Å². The Balaban J connectivity index is 1.68. The molecule has 0 aliphatic carbocycles. The highest BCUT2D eigenvalue weighted by Crippen LogP contribution is 2.30. The highest BCUT2D eigenvalue weighted by Gasteiger charge is 2.14. The SMILES string of the molecule is COc1ccc(NC(=O)[C@@H](C)Nc2ccc3nc(C)sc3c2)cc1OC. The van der Waals surface area contributed by atoms with E-state index in [0.29, 0.717) is 17.2 Å². The lowest BCUT2D eigenvalue weighted by Gasteiger charge is -2.16. The molecule has 1 heterocycles. The maximum atomic E-state index is 12.5. The standard InChI is InChI=1S/C19H21N3O3S/c1-11(20-14-5-7-15-18(10-14)26-12(2)21-15)19(23)22-13-6-8-16(24-3)17(9-13)25-4/h5-11,20H,1-4H3,(H,22,23)/t11-/m1/s1. The fourth-order valence-electron chi connectivity index (χ4n) is 2.61. The smallest absolute Gasteiger partial charge is 0.246 e. The van der Waals surface area contributed by atoms with E-state index in [1.807, 2.05) is 32.0 Å². The number of anilines is 2. The van der Waals surface area contributed by atoms with E-state index >= 15 is 0 Å². The summed E-state index contributed by atoms with van der Waals surface area (Å²) in [5.74, 6) is 1.04. The number of nitrogens with zero attached hydrogens (tertiary/aromatic N) is 1. The van der Waals surface area contributed by atoms with E-state index in [2.05, 4.69) is 15.6 Å². The number of carbonyl (C=O) groups is 1. The molecule has 1 aromatic heterocycles. The molecule has 6 nitrogen and oxygen atoms in total. The summed E-state index contributed by atoms with van der Waals surface area (Å²) in [6.07, 6.45) is 0. The summed E-state index contributed by atoms with van der Waals surface area (Å²) in [4.78, 5) is 16.9. The summed E-state index contributed by atoms with van der Waals surface area (Å²) in [5.41, 5.74) is 2.51. The molecule has 2 aromatic carbocycles. The minimum atomic E-state index is -0.408. The second kappa shape index (κ2) is 7.61. The number of rotatable bonds is 6. The number of ether oxygens (including phenoxy) is 2. The van der Waals surface area contributed by atoms with Crippen LogP contribution in [0.4, 0.5) is 11.4 Å². The summed E-state index contributed by atoms with van der Waals surface area (Å²) >= 11 is 1.63. The fourth-order valence-corrected chi connectivity index (χ4v) is 3.48. The Hall–Kier alpha value is -2.80. The topological polar surface area (TPSA) is 72.5 Å². The van der Waals surface area contributed by atoms with Crippen molar-refractivity contribution in [1.29, 1.82) is 0 Å². The van der Waals surface area contributed by atoms with Gasteiger partial charge in [-0.25, -0.2) is 4.98 Å². The summed E-state index contributed by atoms with van der Waals surface area (Å²) in [5, 5.41) is 7.13. The van der Waals surface area contributed by atoms with Gasteiger partial charge < -0.3 is 20.1 Å². The van der Waals surface area contributed by atoms with Crippen LogP contribution in [0.15, 0.2) is 36.4 Å². The molecule has 26 heavy (non-hydrogen) atoms. The predicted octanol–water partition coefficient (Wildman–Crippen LogP) is 4.06. The lowest BCUT2D eigenvalue weighted by molar-refractivity contribution is -0.116. The number of fused-ring (bicyclic) bond motifs is 1. The predicted molar refractivity (Wildman–Crippen MR) is 106 cm³/mol. The van der Waals surface area contributed by atoms with E-state index in [0.717, 1.165) is 20.9 Å². The number of amides is 1. The van der Waals surface area contributed by atoms with Gasteiger partial charge in [-0.05, 0) is 44.2 Å². The van der Waals surface area contributed by atoms with Crippen molar-refractivity contribution in [2.45, 2.75) is 19.9 Å². The van der Waals surface area contributed by atoms with Crippen molar-refractivity contribution in [1.82, 2.24) is 4.98 Å². The Bertz CT molecular complexity index is 939. The first-order valence-corrected chi connectivity index (χ1v) is 8.98. The lowest BCUT2D eigenvalue weighted by Crippen LogP contribution is -2.31. The molecule has 1 atom stereocenters. The second-order valence-electron chi connectivity index (χ2n) is 5.84. The average molecular weight is 371 g/mol. The number of benzene rings is 2. The van der Waals surface area contributed by atoms with Gasteiger partial charge in [0.1, 0.15) is 6.04 Å². The van der Waals surface area contributed by atoms with Crippen molar-refractivity contribution >= 4 is 38.8 Å². The van der Waals surface area contributed by atoms with Crippen molar-refractivity contribution < 1.29 is 14.3 Å². The molecule has 0 unspecified atom stereocenters. The van der Waals surface area contributed by atoms with Crippen LogP contribution >= 0.6 is 11.3 Å². The van der Waals surface area contributed by atoms with Crippen LogP contribution in [0.5, 0.6) is 11.5 Å². The Kier molecular flexibility index (Phi) is 5.27. The van der Waals surface area contributed by atoms with Crippen LogP contribution in [-0.4, -0.2) is 31.2 Å². The molecular weight excluding hydrogens is 350 g/mol. The molecule has 136 valence electrons. The number of carbonyl (C=O) groups excluding carboxylic acids is 1. The number of aryl methyl sites for hydroxylation is 1. The van der Waals surface area contributed by atoms with Crippen molar-refractivity contribution in [3.8, 4) is 11.5 Å². The highest BCUT2D eigenvalue weighted by atomic mass is 32.1. The van der Waals surface area contributed by atoms with Crippen LogP contribution in [0.1, 0.15) is 11.9 Å². The van der Waals surface area contributed by atoms with Crippen molar-refractivity contribution in [3.63, 3.8) is 0 Å². The number of nitrogens with one attached hydrogen (secondary N) is 2. The maximum Gasteiger partial charge on any atom is 0.246 e. The van der Waals surface area contributed by atoms with E-state index in [1.54, 1.807) is 43.8 Å². The molecule has 0 aliphatic rings. The summed E-state index contributed by atoms with van der Waals surface area (Å²) in [7, 11) is 3.13. The second-order valence-corrected chi connectivity index (χ2v) is 7.08. The summed E-state index contributed by atoms with van der Waals surface area (Å²) in [6, 6.07) is 10.8. The van der Waals surface area contributed by atoms with Gasteiger partial charge in [0.15, 0.2) is 11.5 Å². The third-order valence-electron chi connectivity index (χ3n) is 3.92. The quantitative estimate of drug-likeness (QED) is 0.684. The lowest BCUT2D eigenvalue weighted by atomic mass is 10.2. The van der Waals surface area contributed by atoms with Gasteiger partial charge >= 0.3 is 0 Å². The van der Waals surface area contributed by atoms with Crippen molar-refractivity contribution in [2.24, 2.45) is 0 Å². The van der Waals surface area contributed by atoms with E-state index in [9.17, 15) is 4.79 Å². The Morgan fingerprint density at radius 1 is 1.08 bits per heavy atom. The molecule has 0 bridgehead atoms. The molecule has 0 aliphatic heterocycles. The fraction of sp³-hybridized carbons (Fsp3) is 0.263. The normalized spacial score (nSPS) is 11.8.